The quantitative estimate of drug-likeness (QED) is 0.313. The van der Waals surface area contributed by atoms with Crippen LogP contribution < -0.4 is 11.3 Å². The fourth-order valence-electron chi connectivity index (χ4n) is 1.33. The molecule has 0 saturated heterocycles. The molecule has 0 spiro atoms. The largest absolute Gasteiger partial charge is 0.459 e. The number of hydrogen-bond acceptors (Lipinski definition) is 6. The first-order valence-electron chi connectivity index (χ1n) is 4.76. The number of hydrogen-bond donors (Lipinski definition) is 2. The Morgan fingerprint density at radius 2 is 2.12 bits per heavy atom. The number of nitrogen functional groups attached to an aromatic ring is 1. The Hall–Kier alpha value is -2.35. The third kappa shape index (κ3) is 3.31. The number of rotatable bonds is 5. The minimum absolute atomic E-state index is 0.0911. The lowest BCUT2D eigenvalue weighted by Gasteiger charge is -2.14. The summed E-state index contributed by atoms with van der Waals surface area (Å²) in [6.45, 7) is 0.477. The molecule has 0 aliphatic rings. The van der Waals surface area contributed by atoms with Gasteiger partial charge in [0.2, 0.25) is 0 Å². The molecule has 88 valence electrons. The molecule has 17 heavy (non-hydrogen) atoms. The minimum atomic E-state index is -0.543. The zero-order valence-electron chi connectivity index (χ0n) is 9.01. The average molecular weight is 233 g/mol. The van der Waals surface area contributed by atoms with Gasteiger partial charge < -0.3 is 4.42 Å². The molecule has 1 amide bonds. The average Bonchev–Trinajstić information content (AvgIpc) is 2.77. The molecule has 1 rings (SSSR count). The number of carbonyl (C=O) groups is 1. The molecule has 0 fully saturated rings. The molecular formula is C10H11N5O2. The van der Waals surface area contributed by atoms with Gasteiger partial charge in [0.15, 0.2) is 5.76 Å². The maximum Gasteiger partial charge on any atom is 0.301 e. The van der Waals surface area contributed by atoms with Crippen LogP contribution >= 0.6 is 0 Å². The second-order valence-electron chi connectivity index (χ2n) is 3.21. The maximum absolute atomic E-state index is 11.3. The van der Waals surface area contributed by atoms with Crippen molar-refractivity contribution in [3.8, 4) is 12.1 Å². The van der Waals surface area contributed by atoms with Crippen LogP contribution in [0.15, 0.2) is 16.7 Å². The van der Waals surface area contributed by atoms with E-state index < -0.39 is 5.91 Å². The summed E-state index contributed by atoms with van der Waals surface area (Å²) in [6.07, 6.45) is 1.36. The van der Waals surface area contributed by atoms with E-state index in [0.717, 1.165) is 0 Å². The lowest BCUT2D eigenvalue weighted by Crippen LogP contribution is -2.31. The van der Waals surface area contributed by atoms with E-state index in [-0.39, 0.29) is 25.4 Å². The van der Waals surface area contributed by atoms with Crippen molar-refractivity contribution in [2.45, 2.75) is 6.54 Å². The van der Waals surface area contributed by atoms with Crippen LogP contribution in [-0.4, -0.2) is 23.9 Å². The van der Waals surface area contributed by atoms with Gasteiger partial charge in [-0.05, 0) is 6.07 Å². The first-order valence-corrected chi connectivity index (χ1v) is 4.76. The van der Waals surface area contributed by atoms with Crippen molar-refractivity contribution in [3.05, 3.63) is 23.7 Å². The van der Waals surface area contributed by atoms with Crippen molar-refractivity contribution in [2.75, 3.05) is 13.1 Å². The predicted octanol–water partition coefficient (Wildman–Crippen LogP) is -0.268. The van der Waals surface area contributed by atoms with E-state index >= 15 is 0 Å². The van der Waals surface area contributed by atoms with Gasteiger partial charge in [0.25, 0.3) is 0 Å². The number of furan rings is 1. The maximum atomic E-state index is 11.3. The fraction of sp³-hybridized carbons (Fsp3) is 0.300. The Morgan fingerprint density at radius 1 is 1.47 bits per heavy atom. The smallest absolute Gasteiger partial charge is 0.301 e. The molecular weight excluding hydrogens is 222 g/mol. The molecule has 0 aromatic carbocycles. The summed E-state index contributed by atoms with van der Waals surface area (Å²) in [4.78, 5) is 12.9. The van der Waals surface area contributed by atoms with Gasteiger partial charge in [-0.3, -0.25) is 15.1 Å². The molecule has 7 nitrogen and oxygen atoms in total. The molecule has 1 heterocycles. The SMILES string of the molecule is N#CCN(CC#N)Cc1ccoc1C(=O)NN. The Kier molecular flexibility index (Phi) is 4.70. The highest BCUT2D eigenvalue weighted by Gasteiger charge is 2.16. The Balaban J connectivity index is 2.80. The number of amides is 1. The Labute approximate surface area is 98.0 Å². The molecule has 0 atom stereocenters. The number of nitrogens with one attached hydrogen (secondary N) is 1. The Morgan fingerprint density at radius 3 is 2.65 bits per heavy atom. The second kappa shape index (κ2) is 6.28. The van der Waals surface area contributed by atoms with Crippen molar-refractivity contribution in [1.82, 2.24) is 10.3 Å². The minimum Gasteiger partial charge on any atom is -0.459 e. The van der Waals surface area contributed by atoms with Crippen molar-refractivity contribution in [3.63, 3.8) is 0 Å². The highest BCUT2D eigenvalue weighted by atomic mass is 16.3. The third-order valence-electron chi connectivity index (χ3n) is 2.07. The van der Waals surface area contributed by atoms with Gasteiger partial charge in [-0.2, -0.15) is 10.5 Å². The van der Waals surface area contributed by atoms with E-state index in [2.05, 4.69) is 0 Å². The van der Waals surface area contributed by atoms with Gasteiger partial charge in [0, 0.05) is 12.1 Å². The fourth-order valence-corrected chi connectivity index (χ4v) is 1.33. The van der Waals surface area contributed by atoms with Gasteiger partial charge in [0.05, 0.1) is 31.5 Å². The summed E-state index contributed by atoms with van der Waals surface area (Å²) in [6, 6.07) is 5.50. The topological polar surface area (TPSA) is 119 Å². The highest BCUT2D eigenvalue weighted by molar-refractivity contribution is 5.92. The lowest BCUT2D eigenvalue weighted by molar-refractivity contribution is 0.0923. The van der Waals surface area contributed by atoms with Crippen LogP contribution in [0, 0.1) is 22.7 Å². The number of nitriles is 2. The molecule has 0 saturated carbocycles. The van der Waals surface area contributed by atoms with E-state index in [9.17, 15) is 4.79 Å². The number of nitrogens with zero attached hydrogens (tertiary/aromatic N) is 3. The molecule has 1 aromatic heterocycles. The normalized spacial score (nSPS) is 9.65. The summed E-state index contributed by atoms with van der Waals surface area (Å²) in [5.41, 5.74) is 2.55. The van der Waals surface area contributed by atoms with Crippen LogP contribution in [-0.2, 0) is 6.54 Å². The summed E-state index contributed by atoms with van der Waals surface area (Å²) >= 11 is 0. The summed E-state index contributed by atoms with van der Waals surface area (Å²) < 4.78 is 4.99. The first kappa shape index (κ1) is 12.7. The van der Waals surface area contributed by atoms with Crippen LogP contribution in [0.3, 0.4) is 0 Å². The molecule has 1 aromatic rings. The molecule has 3 N–H and O–H groups in total. The van der Waals surface area contributed by atoms with Crippen LogP contribution in [0.4, 0.5) is 0 Å². The van der Waals surface area contributed by atoms with Crippen molar-refractivity contribution in [2.24, 2.45) is 5.84 Å². The van der Waals surface area contributed by atoms with Crippen molar-refractivity contribution >= 4 is 5.91 Å². The molecule has 7 heteroatoms. The molecule has 0 bridgehead atoms. The standard InChI is InChI=1S/C10H11N5O2/c11-2-4-15(5-3-12)7-8-1-6-17-9(8)10(16)14-13/h1,6H,4-5,7,13H2,(H,14,16). The van der Waals surface area contributed by atoms with E-state index in [1.165, 1.54) is 6.26 Å². The summed E-state index contributed by atoms with van der Waals surface area (Å²) in [5, 5.41) is 17.2. The molecule has 0 radical (unpaired) electrons. The van der Waals surface area contributed by atoms with Gasteiger partial charge in [0.1, 0.15) is 0 Å². The van der Waals surface area contributed by atoms with Crippen molar-refractivity contribution < 1.29 is 9.21 Å². The van der Waals surface area contributed by atoms with E-state index in [0.29, 0.717) is 5.56 Å². The van der Waals surface area contributed by atoms with Gasteiger partial charge >= 0.3 is 5.91 Å². The monoisotopic (exact) mass is 233 g/mol. The highest BCUT2D eigenvalue weighted by Crippen LogP contribution is 2.12. The van der Waals surface area contributed by atoms with Gasteiger partial charge in [-0.25, -0.2) is 5.84 Å². The molecule has 0 aliphatic heterocycles. The predicted molar refractivity (Wildman–Crippen MR) is 56.9 cm³/mol. The third-order valence-corrected chi connectivity index (χ3v) is 2.07. The second-order valence-corrected chi connectivity index (χ2v) is 3.21. The van der Waals surface area contributed by atoms with Gasteiger partial charge in [-0.1, -0.05) is 0 Å². The van der Waals surface area contributed by atoms with Crippen LogP contribution in [0.2, 0.25) is 0 Å². The van der Waals surface area contributed by atoms with Crippen LogP contribution in [0.5, 0.6) is 0 Å². The van der Waals surface area contributed by atoms with Crippen LogP contribution in [0.25, 0.3) is 0 Å². The zero-order chi connectivity index (χ0) is 12.7. The zero-order valence-corrected chi connectivity index (χ0v) is 9.01. The number of hydrazine groups is 1. The molecule has 0 unspecified atom stereocenters. The Bertz CT molecular complexity index is 452. The molecule has 0 aliphatic carbocycles. The van der Waals surface area contributed by atoms with E-state index in [1.807, 2.05) is 17.6 Å². The van der Waals surface area contributed by atoms with Crippen LogP contribution in [0.1, 0.15) is 16.1 Å². The summed E-state index contributed by atoms with van der Waals surface area (Å²) in [5.74, 6) is 4.55. The summed E-state index contributed by atoms with van der Waals surface area (Å²) in [7, 11) is 0. The van der Waals surface area contributed by atoms with E-state index in [4.69, 9.17) is 20.8 Å². The number of carbonyl (C=O) groups excluding carboxylic acids is 1. The lowest BCUT2D eigenvalue weighted by atomic mass is 10.2. The first-order chi connectivity index (χ1) is 8.22. The van der Waals surface area contributed by atoms with Gasteiger partial charge in [-0.15, -0.1) is 0 Å². The van der Waals surface area contributed by atoms with E-state index in [1.54, 1.807) is 11.0 Å². The number of nitrogens with two attached hydrogens (primary N) is 1. The van der Waals surface area contributed by atoms with Crippen molar-refractivity contribution in [1.29, 1.82) is 10.5 Å².